The van der Waals surface area contributed by atoms with Crippen molar-refractivity contribution < 1.29 is 4.42 Å². The van der Waals surface area contributed by atoms with Crippen molar-refractivity contribution in [2.45, 2.75) is 19.8 Å². The Kier molecular flexibility index (Phi) is 6.77. The molecule has 5 nitrogen and oxygen atoms in total. The minimum absolute atomic E-state index is 0.518. The van der Waals surface area contributed by atoms with Gasteiger partial charge in [0, 0.05) is 32.3 Å². The zero-order valence-electron chi connectivity index (χ0n) is 12.7. The van der Waals surface area contributed by atoms with E-state index in [9.17, 15) is 0 Å². The monoisotopic (exact) mass is 320 g/mol. The molecule has 0 atom stereocenters. The third-order valence-corrected chi connectivity index (χ3v) is 3.27. The summed E-state index contributed by atoms with van der Waals surface area (Å²) in [6, 6.07) is 7.64. The van der Waals surface area contributed by atoms with Crippen LogP contribution in [0.15, 0.2) is 46.1 Å². The number of nitrogens with zero attached hydrogens (tertiary/aromatic N) is 2. The van der Waals surface area contributed by atoms with Crippen molar-refractivity contribution >= 4 is 17.6 Å². The highest BCUT2D eigenvalue weighted by atomic mass is 35.5. The van der Waals surface area contributed by atoms with E-state index in [1.165, 1.54) is 0 Å². The van der Waals surface area contributed by atoms with Crippen LogP contribution < -0.4 is 10.6 Å². The Bertz CT molecular complexity index is 566. The molecule has 0 radical (unpaired) electrons. The van der Waals surface area contributed by atoms with Crippen LogP contribution in [0.3, 0.4) is 0 Å². The van der Waals surface area contributed by atoms with Gasteiger partial charge in [-0.2, -0.15) is 0 Å². The smallest absolute Gasteiger partial charge is 0.191 e. The van der Waals surface area contributed by atoms with Crippen molar-refractivity contribution in [2.75, 3.05) is 19.6 Å². The highest BCUT2D eigenvalue weighted by Crippen LogP contribution is 2.05. The molecule has 2 aromatic rings. The summed E-state index contributed by atoms with van der Waals surface area (Å²) >= 11 is 5.77. The highest BCUT2D eigenvalue weighted by molar-refractivity contribution is 6.29. The Balaban J connectivity index is 1.76. The van der Waals surface area contributed by atoms with E-state index in [0.29, 0.717) is 11.7 Å². The summed E-state index contributed by atoms with van der Waals surface area (Å²) in [5.41, 5.74) is 1.14. The maximum atomic E-state index is 5.77. The van der Waals surface area contributed by atoms with Gasteiger partial charge in [-0.05, 0) is 37.1 Å². The minimum atomic E-state index is 0.518. The van der Waals surface area contributed by atoms with Crippen molar-refractivity contribution in [1.29, 1.82) is 0 Å². The first-order valence-electron chi connectivity index (χ1n) is 7.43. The molecule has 0 saturated heterocycles. The van der Waals surface area contributed by atoms with Gasteiger partial charge in [0.05, 0.1) is 6.26 Å². The first kappa shape index (κ1) is 16.4. The predicted molar refractivity (Wildman–Crippen MR) is 89.3 cm³/mol. The van der Waals surface area contributed by atoms with E-state index < -0.39 is 0 Å². The molecular formula is C16H21ClN4O. The lowest BCUT2D eigenvalue weighted by Gasteiger charge is -2.11. The summed E-state index contributed by atoms with van der Waals surface area (Å²) in [7, 11) is 0. The zero-order valence-corrected chi connectivity index (χ0v) is 13.4. The van der Waals surface area contributed by atoms with E-state index in [2.05, 4.69) is 20.6 Å². The fourth-order valence-electron chi connectivity index (χ4n) is 1.95. The van der Waals surface area contributed by atoms with Gasteiger partial charge >= 0.3 is 0 Å². The molecule has 2 heterocycles. The molecule has 6 heteroatoms. The van der Waals surface area contributed by atoms with Crippen molar-refractivity contribution in [1.82, 2.24) is 15.6 Å². The van der Waals surface area contributed by atoms with Crippen LogP contribution in [0.2, 0.25) is 5.15 Å². The average molecular weight is 321 g/mol. The molecule has 0 aliphatic carbocycles. The summed E-state index contributed by atoms with van der Waals surface area (Å²) in [6.45, 7) is 4.35. The summed E-state index contributed by atoms with van der Waals surface area (Å²) < 4.78 is 5.30. The number of hydrogen-bond donors (Lipinski definition) is 2. The number of halogens is 1. The molecule has 0 aliphatic rings. The number of rotatable bonds is 7. The number of guanidine groups is 1. The van der Waals surface area contributed by atoms with Crippen molar-refractivity contribution in [3.8, 4) is 0 Å². The van der Waals surface area contributed by atoms with Crippen LogP contribution in [0.4, 0.5) is 0 Å². The van der Waals surface area contributed by atoms with Gasteiger partial charge in [0.25, 0.3) is 0 Å². The van der Waals surface area contributed by atoms with Gasteiger partial charge in [0.15, 0.2) is 5.96 Å². The van der Waals surface area contributed by atoms with E-state index in [-0.39, 0.29) is 0 Å². The molecule has 22 heavy (non-hydrogen) atoms. The fraction of sp³-hybridized carbons (Fsp3) is 0.375. The predicted octanol–water partition coefficient (Wildman–Crippen LogP) is 2.67. The van der Waals surface area contributed by atoms with Crippen molar-refractivity contribution in [3.05, 3.63) is 53.2 Å². The van der Waals surface area contributed by atoms with Crippen LogP contribution in [0.5, 0.6) is 0 Å². The van der Waals surface area contributed by atoms with Crippen LogP contribution in [-0.4, -0.2) is 30.6 Å². The summed E-state index contributed by atoms with van der Waals surface area (Å²) in [5.74, 6) is 1.77. The topological polar surface area (TPSA) is 62.5 Å². The molecule has 0 unspecified atom stereocenters. The van der Waals surface area contributed by atoms with Crippen LogP contribution in [0.1, 0.15) is 18.2 Å². The van der Waals surface area contributed by atoms with Crippen molar-refractivity contribution in [2.24, 2.45) is 4.99 Å². The van der Waals surface area contributed by atoms with Gasteiger partial charge in [0.1, 0.15) is 10.9 Å². The second-order valence-electron chi connectivity index (χ2n) is 4.76. The van der Waals surface area contributed by atoms with Crippen LogP contribution in [0.25, 0.3) is 0 Å². The molecule has 2 N–H and O–H groups in total. The van der Waals surface area contributed by atoms with Gasteiger partial charge < -0.3 is 15.1 Å². The Morgan fingerprint density at radius 1 is 1.27 bits per heavy atom. The molecule has 118 valence electrons. The van der Waals surface area contributed by atoms with Gasteiger partial charge in [-0.3, -0.25) is 4.99 Å². The van der Waals surface area contributed by atoms with E-state index >= 15 is 0 Å². The van der Waals surface area contributed by atoms with Crippen LogP contribution in [0, 0.1) is 0 Å². The normalized spacial score (nSPS) is 11.5. The Morgan fingerprint density at radius 3 is 2.86 bits per heavy atom. The molecule has 2 aromatic heterocycles. The maximum Gasteiger partial charge on any atom is 0.191 e. The van der Waals surface area contributed by atoms with Gasteiger partial charge in [0.2, 0.25) is 0 Å². The molecular weight excluding hydrogens is 300 g/mol. The first-order valence-corrected chi connectivity index (χ1v) is 7.80. The largest absolute Gasteiger partial charge is 0.469 e. The van der Waals surface area contributed by atoms with Crippen molar-refractivity contribution in [3.63, 3.8) is 0 Å². The molecule has 0 fully saturated rings. The second kappa shape index (κ2) is 9.10. The molecule has 2 rings (SSSR count). The Hall–Kier alpha value is -2.01. The summed E-state index contributed by atoms with van der Waals surface area (Å²) in [4.78, 5) is 8.60. The summed E-state index contributed by atoms with van der Waals surface area (Å²) in [6.07, 6.45) is 5.14. The SMILES string of the molecule is CCNC(=NCCc1ccco1)NCCc1ccc(Cl)nc1. The first-order chi connectivity index (χ1) is 10.8. The highest BCUT2D eigenvalue weighted by Gasteiger charge is 1.99. The molecule has 0 spiro atoms. The lowest BCUT2D eigenvalue weighted by atomic mass is 10.2. The van der Waals surface area contributed by atoms with Gasteiger partial charge in [-0.15, -0.1) is 0 Å². The average Bonchev–Trinajstić information content (AvgIpc) is 3.02. The van der Waals surface area contributed by atoms with E-state index in [1.54, 1.807) is 18.5 Å². The molecule has 0 aliphatic heterocycles. The standard InChI is InChI=1S/C16H21ClN4O/c1-2-18-16(20-10-8-14-4-3-11-22-14)19-9-7-13-5-6-15(17)21-12-13/h3-6,11-12H,2,7-10H2,1H3,(H2,18,19,20). The lowest BCUT2D eigenvalue weighted by molar-refractivity contribution is 0.510. The van der Waals surface area contributed by atoms with Gasteiger partial charge in [-0.25, -0.2) is 4.98 Å². The van der Waals surface area contributed by atoms with E-state index in [1.807, 2.05) is 25.1 Å². The quantitative estimate of drug-likeness (QED) is 0.468. The third-order valence-electron chi connectivity index (χ3n) is 3.05. The number of aliphatic imine (C=N–C) groups is 1. The maximum absolute atomic E-state index is 5.77. The lowest BCUT2D eigenvalue weighted by Crippen LogP contribution is -2.38. The number of nitrogens with one attached hydrogen (secondary N) is 2. The number of pyridine rings is 1. The molecule has 0 amide bonds. The molecule has 0 aromatic carbocycles. The van der Waals surface area contributed by atoms with Crippen LogP contribution in [-0.2, 0) is 12.8 Å². The van der Waals surface area contributed by atoms with E-state index in [4.69, 9.17) is 16.0 Å². The van der Waals surface area contributed by atoms with Gasteiger partial charge in [-0.1, -0.05) is 17.7 Å². The third kappa shape index (κ3) is 5.77. The fourth-order valence-corrected chi connectivity index (χ4v) is 2.07. The zero-order chi connectivity index (χ0) is 15.6. The summed E-state index contributed by atoms with van der Waals surface area (Å²) in [5, 5.41) is 7.06. The number of furan rings is 1. The number of hydrogen-bond acceptors (Lipinski definition) is 3. The molecule has 0 bridgehead atoms. The minimum Gasteiger partial charge on any atom is -0.469 e. The van der Waals surface area contributed by atoms with Crippen LogP contribution >= 0.6 is 11.6 Å². The Labute approximate surface area is 135 Å². The number of aromatic nitrogens is 1. The second-order valence-corrected chi connectivity index (χ2v) is 5.14. The molecule has 0 saturated carbocycles. The van der Waals surface area contributed by atoms with E-state index in [0.717, 1.165) is 43.2 Å². The Morgan fingerprint density at radius 2 is 2.18 bits per heavy atom.